The van der Waals surface area contributed by atoms with Crippen LogP contribution >= 0.6 is 15.9 Å². The van der Waals surface area contributed by atoms with Crippen molar-refractivity contribution in [1.29, 1.82) is 0 Å². The number of hydrogen-bond acceptors (Lipinski definition) is 1. The van der Waals surface area contributed by atoms with Crippen LogP contribution in [0.4, 0.5) is 0 Å². The van der Waals surface area contributed by atoms with E-state index in [4.69, 9.17) is 0 Å². The van der Waals surface area contributed by atoms with Crippen molar-refractivity contribution >= 4 is 15.9 Å². The molecule has 0 bridgehead atoms. The molecular weight excluding hydrogens is 370 g/mol. The summed E-state index contributed by atoms with van der Waals surface area (Å²) < 4.78 is 0.859. The van der Waals surface area contributed by atoms with Crippen molar-refractivity contribution in [3.63, 3.8) is 0 Å². The average molecular weight is 386 g/mol. The molecule has 0 aliphatic rings. The number of rotatable bonds is 3. The Morgan fingerprint density at radius 3 is 1.48 bits per heavy atom. The minimum atomic E-state index is 0.859. The van der Waals surface area contributed by atoms with Crippen LogP contribution in [0.5, 0.6) is 0 Å². The van der Waals surface area contributed by atoms with E-state index in [1.807, 2.05) is 24.4 Å². The summed E-state index contributed by atoms with van der Waals surface area (Å²) in [5.41, 5.74) is 6.95. The largest absolute Gasteiger partial charge is 0.248 e. The van der Waals surface area contributed by atoms with Gasteiger partial charge in [-0.2, -0.15) is 0 Å². The van der Waals surface area contributed by atoms with E-state index in [0.717, 1.165) is 21.3 Å². The number of pyridine rings is 1. The van der Waals surface area contributed by atoms with Crippen LogP contribution in [-0.4, -0.2) is 4.98 Å². The Kier molecular flexibility index (Phi) is 4.45. The normalized spacial score (nSPS) is 10.6. The van der Waals surface area contributed by atoms with Gasteiger partial charge in [0.1, 0.15) is 4.60 Å². The molecule has 0 amide bonds. The van der Waals surface area contributed by atoms with Crippen molar-refractivity contribution in [2.24, 2.45) is 0 Å². The Labute approximate surface area is 156 Å². The van der Waals surface area contributed by atoms with Crippen LogP contribution in [0.3, 0.4) is 0 Å². The summed E-state index contributed by atoms with van der Waals surface area (Å²) in [5, 5.41) is 0. The number of hydrogen-bond donors (Lipinski definition) is 0. The highest BCUT2D eigenvalue weighted by Gasteiger charge is 2.17. The van der Waals surface area contributed by atoms with E-state index in [2.05, 4.69) is 93.7 Å². The summed E-state index contributed by atoms with van der Waals surface area (Å²) in [7, 11) is 0. The number of nitrogens with zero attached hydrogens (tertiary/aromatic N) is 1. The topological polar surface area (TPSA) is 12.9 Å². The summed E-state index contributed by atoms with van der Waals surface area (Å²) in [6, 6.07) is 31.3. The third-order valence-corrected chi connectivity index (χ3v) is 4.84. The van der Waals surface area contributed by atoms with Crippen molar-refractivity contribution in [2.45, 2.75) is 0 Å². The molecule has 120 valence electrons. The quantitative estimate of drug-likeness (QED) is 0.351. The van der Waals surface area contributed by atoms with Crippen molar-refractivity contribution in [3.05, 3.63) is 102 Å². The fourth-order valence-electron chi connectivity index (χ4n) is 3.10. The Hall–Kier alpha value is -2.71. The first-order chi connectivity index (χ1) is 12.3. The van der Waals surface area contributed by atoms with Crippen molar-refractivity contribution in [2.75, 3.05) is 0 Å². The molecule has 0 saturated heterocycles. The summed E-state index contributed by atoms with van der Waals surface area (Å²) in [5.74, 6) is 0. The van der Waals surface area contributed by atoms with Crippen LogP contribution in [0.15, 0.2) is 102 Å². The zero-order chi connectivity index (χ0) is 17.1. The summed E-state index contributed by atoms with van der Waals surface area (Å²) >= 11 is 3.68. The lowest BCUT2D eigenvalue weighted by molar-refractivity contribution is 1.28. The molecular formula is C23H16BrN. The lowest BCUT2D eigenvalue weighted by atomic mass is 9.90. The van der Waals surface area contributed by atoms with E-state index in [1.165, 1.54) is 16.7 Å². The summed E-state index contributed by atoms with van der Waals surface area (Å²) in [6.45, 7) is 0. The Balaban J connectivity index is 2.08. The first kappa shape index (κ1) is 15.8. The smallest absolute Gasteiger partial charge is 0.114 e. The van der Waals surface area contributed by atoms with E-state index in [1.54, 1.807) is 0 Å². The first-order valence-electron chi connectivity index (χ1n) is 8.19. The van der Waals surface area contributed by atoms with Gasteiger partial charge in [-0.25, -0.2) is 4.98 Å². The van der Waals surface area contributed by atoms with Gasteiger partial charge < -0.3 is 0 Å². The van der Waals surface area contributed by atoms with Crippen molar-refractivity contribution < 1.29 is 0 Å². The van der Waals surface area contributed by atoms with Crippen LogP contribution in [-0.2, 0) is 0 Å². The molecule has 4 rings (SSSR count). The Bertz CT molecular complexity index is 980. The fourth-order valence-corrected chi connectivity index (χ4v) is 3.63. The first-order valence-corrected chi connectivity index (χ1v) is 8.98. The molecule has 0 unspecified atom stereocenters. The van der Waals surface area contributed by atoms with Gasteiger partial charge in [-0.1, -0.05) is 91.0 Å². The lowest BCUT2D eigenvalue weighted by Gasteiger charge is -2.17. The van der Waals surface area contributed by atoms with Gasteiger partial charge in [0.25, 0.3) is 0 Å². The third-order valence-electron chi connectivity index (χ3n) is 4.24. The standard InChI is InChI=1S/C23H16BrN/c24-23-22(19-14-8-3-9-15-19)21(18-12-6-2-7-13-18)20(16-25-23)17-10-4-1-5-11-17/h1-16H. The molecule has 1 heterocycles. The van der Waals surface area contributed by atoms with Gasteiger partial charge in [0.05, 0.1) is 0 Å². The average Bonchev–Trinajstić information content (AvgIpc) is 2.70. The Morgan fingerprint density at radius 2 is 0.960 bits per heavy atom. The van der Waals surface area contributed by atoms with Crippen molar-refractivity contribution in [3.8, 4) is 33.4 Å². The lowest BCUT2D eigenvalue weighted by Crippen LogP contribution is -1.94. The predicted molar refractivity (Wildman–Crippen MR) is 108 cm³/mol. The zero-order valence-corrected chi connectivity index (χ0v) is 15.1. The highest BCUT2D eigenvalue weighted by atomic mass is 79.9. The molecule has 0 atom stereocenters. The second-order valence-electron chi connectivity index (χ2n) is 5.81. The maximum atomic E-state index is 4.63. The summed E-state index contributed by atoms with van der Waals surface area (Å²) in [4.78, 5) is 4.63. The molecule has 0 aliphatic carbocycles. The molecule has 25 heavy (non-hydrogen) atoms. The second-order valence-corrected chi connectivity index (χ2v) is 6.56. The van der Waals surface area contributed by atoms with Gasteiger partial charge in [0.15, 0.2) is 0 Å². The third kappa shape index (κ3) is 3.13. The monoisotopic (exact) mass is 385 g/mol. The van der Waals surface area contributed by atoms with Crippen molar-refractivity contribution in [1.82, 2.24) is 4.98 Å². The zero-order valence-electron chi connectivity index (χ0n) is 13.6. The maximum absolute atomic E-state index is 4.63. The number of halogens is 1. The minimum Gasteiger partial charge on any atom is -0.248 e. The number of benzene rings is 3. The molecule has 0 N–H and O–H groups in total. The minimum absolute atomic E-state index is 0.859. The molecule has 0 saturated carbocycles. The van der Waals surface area contributed by atoms with E-state index < -0.39 is 0 Å². The van der Waals surface area contributed by atoms with Crippen LogP contribution in [0, 0.1) is 0 Å². The molecule has 4 aromatic rings. The van der Waals surface area contributed by atoms with E-state index in [9.17, 15) is 0 Å². The maximum Gasteiger partial charge on any atom is 0.114 e. The highest BCUT2D eigenvalue weighted by molar-refractivity contribution is 9.10. The molecule has 3 aromatic carbocycles. The number of aromatic nitrogens is 1. The van der Waals surface area contributed by atoms with Gasteiger partial charge in [-0.3, -0.25) is 0 Å². The molecule has 1 nitrogen and oxygen atoms in total. The molecule has 2 heteroatoms. The Morgan fingerprint density at radius 1 is 0.520 bits per heavy atom. The van der Waals surface area contributed by atoms with E-state index >= 15 is 0 Å². The predicted octanol–water partition coefficient (Wildman–Crippen LogP) is 6.85. The molecule has 0 aliphatic heterocycles. The molecule has 0 radical (unpaired) electrons. The van der Waals surface area contributed by atoms with Gasteiger partial charge in [-0.15, -0.1) is 0 Å². The van der Waals surface area contributed by atoms with Gasteiger partial charge in [-0.05, 0) is 32.6 Å². The SMILES string of the molecule is Brc1ncc(-c2ccccc2)c(-c2ccccc2)c1-c1ccccc1. The van der Waals surface area contributed by atoms with E-state index in [-0.39, 0.29) is 0 Å². The molecule has 0 fully saturated rings. The van der Waals surface area contributed by atoms with Gasteiger partial charge in [0.2, 0.25) is 0 Å². The van der Waals surface area contributed by atoms with Crippen LogP contribution in [0.1, 0.15) is 0 Å². The fraction of sp³-hybridized carbons (Fsp3) is 0. The van der Waals surface area contributed by atoms with E-state index in [0.29, 0.717) is 0 Å². The second kappa shape index (κ2) is 7.04. The highest BCUT2D eigenvalue weighted by Crippen LogP contribution is 2.42. The van der Waals surface area contributed by atoms with Gasteiger partial charge >= 0.3 is 0 Å². The van der Waals surface area contributed by atoms with Gasteiger partial charge in [0, 0.05) is 22.9 Å². The van der Waals surface area contributed by atoms with Crippen LogP contribution in [0.25, 0.3) is 33.4 Å². The molecule has 0 spiro atoms. The van der Waals surface area contributed by atoms with Crippen LogP contribution < -0.4 is 0 Å². The molecule has 1 aromatic heterocycles. The summed E-state index contributed by atoms with van der Waals surface area (Å²) in [6.07, 6.45) is 1.95. The van der Waals surface area contributed by atoms with Crippen LogP contribution in [0.2, 0.25) is 0 Å².